The molecule has 1 rings (SSSR count). The monoisotopic (exact) mass is 259 g/mol. The molecule has 0 saturated carbocycles. The molecular weight excluding hydrogens is 246 g/mol. The van der Waals surface area contributed by atoms with E-state index in [1.807, 2.05) is 0 Å². The van der Waals surface area contributed by atoms with Gasteiger partial charge in [0.2, 0.25) is 11.8 Å². The lowest BCUT2D eigenvalue weighted by Crippen LogP contribution is -2.37. The topological polar surface area (TPSA) is 123 Å². The summed E-state index contributed by atoms with van der Waals surface area (Å²) in [6, 6.07) is -0.525. The summed E-state index contributed by atoms with van der Waals surface area (Å²) in [5.74, 6) is 0.424. The number of nitrogens with one attached hydrogen (secondary N) is 2. The Hall–Kier alpha value is -1.61. The molecule has 17 heavy (non-hydrogen) atoms. The molecule has 1 heterocycles. The van der Waals surface area contributed by atoms with Crippen LogP contribution in [0.1, 0.15) is 12.3 Å². The Kier molecular flexibility index (Phi) is 5.43. The van der Waals surface area contributed by atoms with Gasteiger partial charge in [-0.2, -0.15) is 0 Å². The van der Waals surface area contributed by atoms with Crippen molar-refractivity contribution in [2.45, 2.75) is 18.2 Å². The number of imide groups is 1. The molecule has 0 saturated heterocycles. The second-order valence-electron chi connectivity index (χ2n) is 2.89. The van der Waals surface area contributed by atoms with Crippen molar-refractivity contribution < 1.29 is 14.0 Å². The normalized spacial score (nSPS) is 10.0. The average Bonchev–Trinajstić information content (AvgIpc) is 2.76. The van der Waals surface area contributed by atoms with Gasteiger partial charge >= 0.3 is 6.03 Å². The zero-order chi connectivity index (χ0) is 12.7. The smallest absolute Gasteiger partial charge is 0.321 e. The van der Waals surface area contributed by atoms with E-state index in [9.17, 15) is 9.59 Å². The van der Waals surface area contributed by atoms with Gasteiger partial charge in [0.1, 0.15) is 0 Å². The molecule has 8 nitrogen and oxygen atoms in total. The maximum absolute atomic E-state index is 11.2. The summed E-state index contributed by atoms with van der Waals surface area (Å²) in [6.45, 7) is 0.185. The largest absolute Gasteiger partial charge is 0.415 e. The minimum atomic E-state index is -0.525. The van der Waals surface area contributed by atoms with Crippen molar-refractivity contribution in [3.8, 4) is 0 Å². The van der Waals surface area contributed by atoms with E-state index in [-0.39, 0.29) is 18.9 Å². The molecule has 0 aliphatic heterocycles. The van der Waals surface area contributed by atoms with Gasteiger partial charge in [-0.3, -0.25) is 10.1 Å². The molecule has 0 fully saturated rings. The quantitative estimate of drug-likeness (QED) is 0.607. The predicted molar refractivity (Wildman–Crippen MR) is 60.1 cm³/mol. The number of hydrogen-bond acceptors (Lipinski definition) is 7. The molecule has 3 amide bonds. The maximum atomic E-state index is 11.2. The van der Waals surface area contributed by atoms with Crippen molar-refractivity contribution in [3.05, 3.63) is 5.89 Å². The predicted octanol–water partition coefficient (Wildman–Crippen LogP) is -0.534. The van der Waals surface area contributed by atoms with Crippen molar-refractivity contribution in [1.29, 1.82) is 0 Å². The van der Waals surface area contributed by atoms with Crippen LogP contribution in [0.15, 0.2) is 9.64 Å². The fourth-order valence-corrected chi connectivity index (χ4v) is 1.58. The van der Waals surface area contributed by atoms with Crippen LogP contribution >= 0.6 is 11.8 Å². The van der Waals surface area contributed by atoms with Crippen LogP contribution in [0.4, 0.5) is 4.79 Å². The summed E-state index contributed by atoms with van der Waals surface area (Å²) in [5.41, 5.74) is 5.30. The average molecular weight is 259 g/mol. The highest BCUT2D eigenvalue weighted by Crippen LogP contribution is 2.16. The standard InChI is InChI=1S/C8H13N5O3S/c1-10-7(15)11-5(14)2-3-17-8-13-12-6(4-9)16-8/h2-4,9H2,1H3,(H2,10,11,14,15). The van der Waals surface area contributed by atoms with Gasteiger partial charge in [0.15, 0.2) is 0 Å². The molecule has 0 spiro atoms. The molecule has 9 heteroatoms. The fourth-order valence-electron chi connectivity index (χ4n) is 0.862. The third-order valence-electron chi connectivity index (χ3n) is 1.66. The Balaban J connectivity index is 2.23. The first-order valence-electron chi connectivity index (χ1n) is 4.82. The molecule has 94 valence electrons. The van der Waals surface area contributed by atoms with Crippen LogP contribution in [0.3, 0.4) is 0 Å². The van der Waals surface area contributed by atoms with Crippen LogP contribution in [-0.4, -0.2) is 34.9 Å². The lowest BCUT2D eigenvalue weighted by Gasteiger charge is -2.01. The Labute approximate surface area is 102 Å². The van der Waals surface area contributed by atoms with Gasteiger partial charge in [0.05, 0.1) is 6.54 Å². The lowest BCUT2D eigenvalue weighted by atomic mass is 10.4. The van der Waals surface area contributed by atoms with Crippen molar-refractivity contribution in [2.24, 2.45) is 5.73 Å². The van der Waals surface area contributed by atoms with Gasteiger partial charge in [0, 0.05) is 19.2 Å². The number of carbonyl (C=O) groups excluding carboxylic acids is 2. The molecule has 0 atom stereocenters. The Morgan fingerprint density at radius 1 is 1.47 bits per heavy atom. The van der Waals surface area contributed by atoms with Gasteiger partial charge in [0.25, 0.3) is 5.22 Å². The van der Waals surface area contributed by atoms with Crippen molar-refractivity contribution in [3.63, 3.8) is 0 Å². The zero-order valence-electron chi connectivity index (χ0n) is 9.23. The molecule has 1 aromatic rings. The highest BCUT2D eigenvalue weighted by molar-refractivity contribution is 7.99. The molecule has 0 bridgehead atoms. The van der Waals surface area contributed by atoms with E-state index < -0.39 is 6.03 Å². The van der Waals surface area contributed by atoms with Crippen molar-refractivity contribution in [2.75, 3.05) is 12.8 Å². The molecule has 0 unspecified atom stereocenters. The number of rotatable bonds is 5. The number of nitrogens with zero attached hydrogens (tertiary/aromatic N) is 2. The van der Waals surface area contributed by atoms with Gasteiger partial charge < -0.3 is 15.5 Å². The number of hydrogen-bond donors (Lipinski definition) is 3. The van der Waals surface area contributed by atoms with Gasteiger partial charge in [-0.05, 0) is 0 Å². The first kappa shape index (κ1) is 13.5. The highest BCUT2D eigenvalue weighted by Gasteiger charge is 2.08. The van der Waals surface area contributed by atoms with Gasteiger partial charge in [-0.15, -0.1) is 10.2 Å². The van der Waals surface area contributed by atoms with E-state index in [0.29, 0.717) is 16.9 Å². The van der Waals surface area contributed by atoms with E-state index in [1.165, 1.54) is 18.8 Å². The SMILES string of the molecule is CNC(=O)NC(=O)CCSc1nnc(CN)o1. The highest BCUT2D eigenvalue weighted by atomic mass is 32.2. The molecule has 0 radical (unpaired) electrons. The van der Waals surface area contributed by atoms with E-state index in [4.69, 9.17) is 10.2 Å². The fraction of sp³-hybridized carbons (Fsp3) is 0.500. The maximum Gasteiger partial charge on any atom is 0.321 e. The van der Waals surface area contributed by atoms with Crippen LogP contribution in [0, 0.1) is 0 Å². The zero-order valence-corrected chi connectivity index (χ0v) is 10.0. The molecule has 0 aliphatic rings. The number of urea groups is 1. The number of nitrogens with two attached hydrogens (primary N) is 1. The Morgan fingerprint density at radius 3 is 2.82 bits per heavy atom. The third kappa shape index (κ3) is 4.83. The second kappa shape index (κ2) is 6.86. The molecule has 0 aromatic carbocycles. The number of amides is 3. The summed E-state index contributed by atoms with van der Waals surface area (Å²) < 4.78 is 5.12. The van der Waals surface area contributed by atoms with E-state index in [2.05, 4.69) is 20.8 Å². The van der Waals surface area contributed by atoms with Crippen molar-refractivity contribution >= 4 is 23.7 Å². The minimum absolute atomic E-state index is 0.179. The number of carbonyl (C=O) groups is 2. The van der Waals surface area contributed by atoms with Crippen LogP contribution < -0.4 is 16.4 Å². The number of aromatic nitrogens is 2. The molecule has 4 N–H and O–H groups in total. The molecule has 1 aromatic heterocycles. The first-order valence-corrected chi connectivity index (χ1v) is 5.81. The van der Waals surface area contributed by atoms with E-state index >= 15 is 0 Å². The Bertz CT molecular complexity index is 394. The van der Waals surface area contributed by atoms with Crippen molar-refractivity contribution in [1.82, 2.24) is 20.8 Å². The summed E-state index contributed by atoms with van der Waals surface area (Å²) in [6.07, 6.45) is 0.179. The third-order valence-corrected chi connectivity index (χ3v) is 2.48. The Morgan fingerprint density at radius 2 is 2.24 bits per heavy atom. The van der Waals surface area contributed by atoms with Gasteiger partial charge in [-0.25, -0.2) is 4.79 Å². The van der Waals surface area contributed by atoms with E-state index in [1.54, 1.807) is 0 Å². The molecule has 0 aliphatic carbocycles. The summed E-state index contributed by atoms with van der Waals surface area (Å²) in [7, 11) is 1.43. The summed E-state index contributed by atoms with van der Waals surface area (Å²) in [5, 5.41) is 12.2. The van der Waals surface area contributed by atoms with Crippen LogP contribution in [0.2, 0.25) is 0 Å². The van der Waals surface area contributed by atoms with Crippen LogP contribution in [0.5, 0.6) is 0 Å². The summed E-state index contributed by atoms with van der Waals surface area (Å²) in [4.78, 5) is 22.0. The summed E-state index contributed by atoms with van der Waals surface area (Å²) >= 11 is 1.23. The minimum Gasteiger partial charge on any atom is -0.415 e. The van der Waals surface area contributed by atoms with Gasteiger partial charge in [-0.1, -0.05) is 11.8 Å². The van der Waals surface area contributed by atoms with E-state index in [0.717, 1.165) is 0 Å². The van der Waals surface area contributed by atoms with Crippen LogP contribution in [-0.2, 0) is 11.3 Å². The molecular formula is C8H13N5O3S. The lowest BCUT2D eigenvalue weighted by molar-refractivity contribution is -0.119. The number of thioether (sulfide) groups is 1. The first-order chi connectivity index (χ1) is 8.15. The van der Waals surface area contributed by atoms with Crippen LogP contribution in [0.25, 0.3) is 0 Å². The second-order valence-corrected chi connectivity index (χ2v) is 3.94.